The summed E-state index contributed by atoms with van der Waals surface area (Å²) in [5, 5.41) is 22.2. The Morgan fingerprint density at radius 1 is 1.28 bits per heavy atom. The first-order chi connectivity index (χ1) is 8.36. The fourth-order valence-corrected chi connectivity index (χ4v) is 1.36. The van der Waals surface area contributed by atoms with Crippen molar-refractivity contribution in [1.82, 2.24) is 10.6 Å². The molecule has 4 N–H and O–H groups in total. The molecule has 0 aromatic rings. The second kappa shape index (κ2) is 8.46. The van der Waals surface area contributed by atoms with Crippen LogP contribution in [-0.2, 0) is 14.4 Å². The van der Waals surface area contributed by atoms with Gasteiger partial charge in [0.2, 0.25) is 11.8 Å². The molecule has 18 heavy (non-hydrogen) atoms. The third-order valence-electron chi connectivity index (χ3n) is 2.12. The summed E-state index contributed by atoms with van der Waals surface area (Å²) in [6.45, 7) is 2.84. The largest absolute Gasteiger partial charge is 0.480 e. The van der Waals surface area contributed by atoms with Crippen molar-refractivity contribution in [2.75, 3.05) is 6.54 Å². The normalized spacial score (nSPS) is 13.5. The third-order valence-corrected chi connectivity index (χ3v) is 2.12. The molecule has 0 radical (unpaired) electrons. The summed E-state index contributed by atoms with van der Waals surface area (Å²) >= 11 is 0. The molecule has 104 valence electrons. The summed E-state index contributed by atoms with van der Waals surface area (Å²) in [6, 6.07) is -0.763. The third kappa shape index (κ3) is 7.61. The van der Waals surface area contributed by atoms with Crippen molar-refractivity contribution in [3.63, 3.8) is 0 Å². The molecule has 0 aliphatic carbocycles. The molecule has 2 atom stereocenters. The highest BCUT2D eigenvalue weighted by molar-refractivity contribution is 5.89. The van der Waals surface area contributed by atoms with Crippen LogP contribution in [0.5, 0.6) is 0 Å². The first-order valence-corrected chi connectivity index (χ1v) is 5.83. The number of carboxylic acids is 1. The van der Waals surface area contributed by atoms with E-state index < -0.39 is 36.5 Å². The molecule has 0 fully saturated rings. The van der Waals surface area contributed by atoms with Crippen molar-refractivity contribution in [2.45, 2.75) is 45.3 Å². The van der Waals surface area contributed by atoms with Gasteiger partial charge in [0.05, 0.1) is 12.5 Å². The lowest BCUT2D eigenvalue weighted by Gasteiger charge is -2.17. The highest BCUT2D eigenvalue weighted by atomic mass is 16.4. The van der Waals surface area contributed by atoms with Gasteiger partial charge in [-0.25, -0.2) is 0 Å². The number of hydrogen-bond acceptors (Lipinski definition) is 4. The molecule has 7 nitrogen and oxygen atoms in total. The molecular formula is C11H20N2O5. The molecule has 2 unspecified atom stereocenters. The molecular weight excluding hydrogens is 240 g/mol. The van der Waals surface area contributed by atoms with Crippen LogP contribution >= 0.6 is 0 Å². The van der Waals surface area contributed by atoms with Crippen LogP contribution in [0.2, 0.25) is 0 Å². The predicted molar refractivity (Wildman–Crippen MR) is 63.8 cm³/mol. The van der Waals surface area contributed by atoms with E-state index in [1.54, 1.807) is 0 Å². The second-order valence-corrected chi connectivity index (χ2v) is 4.07. The number of rotatable bonds is 8. The fourth-order valence-electron chi connectivity index (χ4n) is 1.36. The van der Waals surface area contributed by atoms with Crippen LogP contribution in [0.1, 0.15) is 33.1 Å². The predicted octanol–water partition coefficient (Wildman–Crippen LogP) is -0.757. The van der Waals surface area contributed by atoms with E-state index in [9.17, 15) is 14.4 Å². The molecule has 7 heteroatoms. The number of carbonyl (C=O) groups is 3. The summed E-state index contributed by atoms with van der Waals surface area (Å²) in [4.78, 5) is 33.3. The Morgan fingerprint density at radius 2 is 1.89 bits per heavy atom. The lowest BCUT2D eigenvalue weighted by molar-refractivity contribution is -0.138. The maximum atomic E-state index is 11.6. The van der Waals surface area contributed by atoms with Gasteiger partial charge in [0, 0.05) is 0 Å². The first kappa shape index (κ1) is 16.4. The lowest BCUT2D eigenvalue weighted by Crippen LogP contribution is -2.48. The van der Waals surface area contributed by atoms with E-state index in [0.717, 1.165) is 0 Å². The minimum Gasteiger partial charge on any atom is -0.480 e. The van der Waals surface area contributed by atoms with Gasteiger partial charge in [0.15, 0.2) is 0 Å². The van der Waals surface area contributed by atoms with Crippen molar-refractivity contribution < 1.29 is 24.6 Å². The summed E-state index contributed by atoms with van der Waals surface area (Å²) in [5.41, 5.74) is 0. The van der Waals surface area contributed by atoms with Gasteiger partial charge in [0.1, 0.15) is 12.6 Å². The van der Waals surface area contributed by atoms with Crippen LogP contribution in [0, 0.1) is 0 Å². The van der Waals surface area contributed by atoms with E-state index in [-0.39, 0.29) is 6.42 Å². The van der Waals surface area contributed by atoms with Gasteiger partial charge in [-0.3, -0.25) is 14.4 Å². The number of hydrogen-bond donors (Lipinski definition) is 4. The quantitative estimate of drug-likeness (QED) is 0.458. The fraction of sp³-hybridized carbons (Fsp3) is 0.727. The van der Waals surface area contributed by atoms with Crippen LogP contribution in [0.15, 0.2) is 0 Å². The Bertz CT molecular complexity index is 304. The molecule has 0 heterocycles. The SMILES string of the molecule is CCCC(NC(=O)CC(C)O)C(=O)NCC(=O)O. The van der Waals surface area contributed by atoms with Gasteiger partial charge in [-0.2, -0.15) is 0 Å². The average molecular weight is 260 g/mol. The van der Waals surface area contributed by atoms with E-state index in [2.05, 4.69) is 10.6 Å². The summed E-state index contributed by atoms with van der Waals surface area (Å²) < 4.78 is 0. The van der Waals surface area contributed by atoms with Crippen molar-refractivity contribution in [1.29, 1.82) is 0 Å². The van der Waals surface area contributed by atoms with E-state index in [1.807, 2.05) is 6.92 Å². The van der Waals surface area contributed by atoms with Crippen LogP contribution in [-0.4, -0.2) is 46.7 Å². The molecule has 0 aliphatic rings. The number of aliphatic carboxylic acids is 1. The average Bonchev–Trinajstić information content (AvgIpc) is 2.24. The Kier molecular flexibility index (Phi) is 7.69. The van der Waals surface area contributed by atoms with Crippen molar-refractivity contribution in [3.05, 3.63) is 0 Å². The second-order valence-electron chi connectivity index (χ2n) is 4.07. The van der Waals surface area contributed by atoms with Crippen LogP contribution < -0.4 is 10.6 Å². The van der Waals surface area contributed by atoms with E-state index >= 15 is 0 Å². The summed E-state index contributed by atoms with van der Waals surface area (Å²) in [5.74, 6) is -2.11. The van der Waals surface area contributed by atoms with Gasteiger partial charge in [-0.15, -0.1) is 0 Å². The molecule has 0 saturated carbocycles. The monoisotopic (exact) mass is 260 g/mol. The van der Waals surface area contributed by atoms with Crippen LogP contribution in [0.3, 0.4) is 0 Å². The van der Waals surface area contributed by atoms with E-state index in [4.69, 9.17) is 10.2 Å². The number of aliphatic hydroxyl groups is 1. The minimum atomic E-state index is -1.14. The lowest BCUT2D eigenvalue weighted by atomic mass is 10.1. The standard InChI is InChI=1S/C11H20N2O5/c1-3-4-8(11(18)12-6-10(16)17)13-9(15)5-7(2)14/h7-8,14H,3-6H2,1-2H3,(H,12,18)(H,13,15)(H,16,17). The topological polar surface area (TPSA) is 116 Å². The van der Waals surface area contributed by atoms with Crippen molar-refractivity contribution >= 4 is 17.8 Å². The van der Waals surface area contributed by atoms with Gasteiger partial charge in [-0.1, -0.05) is 13.3 Å². The van der Waals surface area contributed by atoms with Gasteiger partial charge in [0.25, 0.3) is 0 Å². The zero-order valence-corrected chi connectivity index (χ0v) is 10.6. The Labute approximate surface area is 106 Å². The minimum absolute atomic E-state index is 0.0908. The molecule has 0 spiro atoms. The maximum Gasteiger partial charge on any atom is 0.322 e. The highest BCUT2D eigenvalue weighted by Crippen LogP contribution is 1.99. The van der Waals surface area contributed by atoms with E-state index in [1.165, 1.54) is 6.92 Å². The number of nitrogens with one attached hydrogen (secondary N) is 2. The Balaban J connectivity index is 4.31. The Hall–Kier alpha value is -1.63. The zero-order chi connectivity index (χ0) is 14.1. The van der Waals surface area contributed by atoms with Crippen LogP contribution in [0.25, 0.3) is 0 Å². The van der Waals surface area contributed by atoms with Gasteiger partial charge < -0.3 is 20.8 Å². The summed E-state index contributed by atoms with van der Waals surface area (Å²) in [6.07, 6.45) is 0.207. The van der Waals surface area contributed by atoms with E-state index in [0.29, 0.717) is 12.8 Å². The molecule has 0 aromatic carbocycles. The molecule has 0 bridgehead atoms. The number of amides is 2. The smallest absolute Gasteiger partial charge is 0.322 e. The molecule has 0 aliphatic heterocycles. The van der Waals surface area contributed by atoms with Crippen molar-refractivity contribution in [3.8, 4) is 0 Å². The van der Waals surface area contributed by atoms with Gasteiger partial charge in [-0.05, 0) is 13.3 Å². The van der Waals surface area contributed by atoms with Crippen molar-refractivity contribution in [2.24, 2.45) is 0 Å². The Morgan fingerprint density at radius 3 is 2.33 bits per heavy atom. The number of carbonyl (C=O) groups excluding carboxylic acids is 2. The molecule has 0 saturated heterocycles. The van der Waals surface area contributed by atoms with Crippen LogP contribution in [0.4, 0.5) is 0 Å². The van der Waals surface area contributed by atoms with Gasteiger partial charge >= 0.3 is 5.97 Å². The molecule has 0 rings (SSSR count). The number of carboxylic acid groups (broad SMARTS) is 1. The molecule has 2 amide bonds. The summed E-state index contributed by atoms with van der Waals surface area (Å²) in [7, 11) is 0. The number of aliphatic hydroxyl groups excluding tert-OH is 1. The zero-order valence-electron chi connectivity index (χ0n) is 10.6. The highest BCUT2D eigenvalue weighted by Gasteiger charge is 2.20. The molecule has 0 aromatic heterocycles. The maximum absolute atomic E-state index is 11.6. The first-order valence-electron chi connectivity index (χ1n) is 5.83.